The first-order valence-electron chi connectivity index (χ1n) is 6.69. The Hall–Kier alpha value is -1.91. The molecular weight excluding hydrogens is 261 g/mol. The van der Waals surface area contributed by atoms with Gasteiger partial charge < -0.3 is 10.0 Å². The molecule has 1 aliphatic heterocycles. The number of nitrogens with zero attached hydrogens (tertiary/aromatic N) is 1. The number of carboxylic acids is 1. The summed E-state index contributed by atoms with van der Waals surface area (Å²) in [6, 6.07) is 4.10. The smallest absolute Gasteiger partial charge is 0.306 e. The molecule has 1 heterocycles. The van der Waals surface area contributed by atoms with Crippen LogP contribution < -0.4 is 0 Å². The van der Waals surface area contributed by atoms with E-state index in [4.69, 9.17) is 5.11 Å². The fourth-order valence-electron chi connectivity index (χ4n) is 2.72. The van der Waals surface area contributed by atoms with E-state index in [9.17, 15) is 14.0 Å². The van der Waals surface area contributed by atoms with Crippen LogP contribution >= 0.6 is 0 Å². The van der Waals surface area contributed by atoms with E-state index < -0.39 is 17.7 Å². The minimum atomic E-state index is -0.814. The quantitative estimate of drug-likeness (QED) is 0.904. The van der Waals surface area contributed by atoms with Crippen LogP contribution in [0.25, 0.3) is 0 Å². The van der Waals surface area contributed by atoms with Gasteiger partial charge in [0.1, 0.15) is 5.82 Å². The Morgan fingerprint density at radius 3 is 2.60 bits per heavy atom. The van der Waals surface area contributed by atoms with Crippen LogP contribution in [0.5, 0.6) is 0 Å². The molecule has 0 aliphatic carbocycles. The second kappa shape index (κ2) is 5.61. The van der Waals surface area contributed by atoms with Crippen molar-refractivity contribution in [3.05, 3.63) is 35.1 Å². The number of carbonyl (C=O) groups is 2. The number of likely N-dealkylation sites (tertiary alicyclic amines) is 1. The van der Waals surface area contributed by atoms with Crippen molar-refractivity contribution in [1.29, 1.82) is 0 Å². The number of benzene rings is 1. The van der Waals surface area contributed by atoms with Gasteiger partial charge in [-0.25, -0.2) is 4.39 Å². The second-order valence-corrected chi connectivity index (χ2v) is 5.42. The Kier molecular flexibility index (Phi) is 4.06. The van der Waals surface area contributed by atoms with E-state index in [-0.39, 0.29) is 11.9 Å². The van der Waals surface area contributed by atoms with E-state index in [0.29, 0.717) is 30.5 Å². The number of amides is 1. The van der Waals surface area contributed by atoms with E-state index in [2.05, 4.69) is 0 Å². The highest BCUT2D eigenvalue weighted by Gasteiger charge is 2.32. The highest BCUT2D eigenvalue weighted by atomic mass is 19.1. The SMILES string of the molecule is Cc1cc(F)cc(C(=O)N2CCC(C(=O)O)CC2C)c1. The van der Waals surface area contributed by atoms with Gasteiger partial charge in [0.2, 0.25) is 0 Å². The third-order valence-corrected chi connectivity index (χ3v) is 3.78. The van der Waals surface area contributed by atoms with Crippen molar-refractivity contribution in [2.24, 2.45) is 5.92 Å². The Balaban J connectivity index is 2.15. The number of aryl methyl sites for hydroxylation is 1. The molecule has 0 radical (unpaired) electrons. The molecule has 5 heteroatoms. The van der Waals surface area contributed by atoms with Crippen molar-refractivity contribution in [2.45, 2.75) is 32.7 Å². The molecule has 1 fully saturated rings. The standard InChI is InChI=1S/C15H18FNO3/c1-9-5-12(8-13(16)6-9)14(18)17-4-3-11(15(19)20)7-10(17)2/h5-6,8,10-11H,3-4,7H2,1-2H3,(H,19,20). The minimum absolute atomic E-state index is 0.152. The molecule has 1 amide bonds. The monoisotopic (exact) mass is 279 g/mol. The van der Waals surface area contributed by atoms with Crippen LogP contribution in [0.15, 0.2) is 18.2 Å². The minimum Gasteiger partial charge on any atom is -0.481 e. The Morgan fingerprint density at radius 1 is 1.35 bits per heavy atom. The zero-order chi connectivity index (χ0) is 14.9. The van der Waals surface area contributed by atoms with E-state index >= 15 is 0 Å². The van der Waals surface area contributed by atoms with Gasteiger partial charge in [-0.05, 0) is 50.5 Å². The third kappa shape index (κ3) is 2.98. The molecule has 0 saturated carbocycles. The van der Waals surface area contributed by atoms with Crippen LogP contribution in [0, 0.1) is 18.7 Å². The van der Waals surface area contributed by atoms with Crippen LogP contribution in [0.2, 0.25) is 0 Å². The number of aliphatic carboxylic acids is 1. The van der Waals surface area contributed by atoms with Crippen LogP contribution in [-0.2, 0) is 4.79 Å². The summed E-state index contributed by atoms with van der Waals surface area (Å²) in [5.41, 5.74) is 1.02. The summed E-state index contributed by atoms with van der Waals surface area (Å²) < 4.78 is 13.4. The average Bonchev–Trinajstić information content (AvgIpc) is 2.36. The first-order valence-corrected chi connectivity index (χ1v) is 6.69. The number of halogens is 1. The van der Waals surface area contributed by atoms with E-state index in [0.717, 1.165) is 0 Å². The van der Waals surface area contributed by atoms with Gasteiger partial charge in [0.25, 0.3) is 5.91 Å². The maximum atomic E-state index is 13.4. The molecule has 1 aliphatic rings. The largest absolute Gasteiger partial charge is 0.481 e. The first-order chi connectivity index (χ1) is 9.38. The summed E-state index contributed by atoms with van der Waals surface area (Å²) >= 11 is 0. The van der Waals surface area contributed by atoms with Gasteiger partial charge in [-0.1, -0.05) is 0 Å². The van der Waals surface area contributed by atoms with Gasteiger partial charge in [0.05, 0.1) is 5.92 Å². The summed E-state index contributed by atoms with van der Waals surface area (Å²) in [5.74, 6) is -1.88. The Bertz CT molecular complexity index is 524. The van der Waals surface area contributed by atoms with Crippen molar-refractivity contribution in [3.63, 3.8) is 0 Å². The van der Waals surface area contributed by atoms with Gasteiger partial charge >= 0.3 is 5.97 Å². The molecule has 2 atom stereocenters. The molecule has 1 aromatic rings. The molecular formula is C15H18FNO3. The number of piperidine rings is 1. The number of rotatable bonds is 2. The molecule has 2 unspecified atom stereocenters. The molecule has 108 valence electrons. The maximum absolute atomic E-state index is 13.4. The van der Waals surface area contributed by atoms with Crippen molar-refractivity contribution >= 4 is 11.9 Å². The molecule has 4 nitrogen and oxygen atoms in total. The van der Waals surface area contributed by atoms with Crippen LogP contribution in [0.3, 0.4) is 0 Å². The van der Waals surface area contributed by atoms with Crippen LogP contribution in [0.4, 0.5) is 4.39 Å². The number of carboxylic acid groups (broad SMARTS) is 1. The van der Waals surface area contributed by atoms with Crippen LogP contribution in [-0.4, -0.2) is 34.5 Å². The summed E-state index contributed by atoms with van der Waals surface area (Å²) in [6.07, 6.45) is 0.884. The zero-order valence-corrected chi connectivity index (χ0v) is 11.6. The van der Waals surface area contributed by atoms with Gasteiger partial charge in [0, 0.05) is 18.2 Å². The Labute approximate surface area is 117 Å². The number of hydrogen-bond donors (Lipinski definition) is 1. The second-order valence-electron chi connectivity index (χ2n) is 5.42. The van der Waals surface area contributed by atoms with Crippen LogP contribution in [0.1, 0.15) is 35.7 Å². The lowest BCUT2D eigenvalue weighted by Gasteiger charge is -2.36. The molecule has 1 aromatic carbocycles. The number of carbonyl (C=O) groups excluding carboxylic acids is 1. The van der Waals surface area contributed by atoms with Gasteiger partial charge in [0.15, 0.2) is 0 Å². The van der Waals surface area contributed by atoms with E-state index in [1.165, 1.54) is 12.1 Å². The average molecular weight is 279 g/mol. The molecule has 1 saturated heterocycles. The van der Waals surface area contributed by atoms with E-state index in [1.54, 1.807) is 17.9 Å². The van der Waals surface area contributed by atoms with Crippen molar-refractivity contribution in [1.82, 2.24) is 4.90 Å². The lowest BCUT2D eigenvalue weighted by molar-refractivity contribution is -0.143. The lowest BCUT2D eigenvalue weighted by atomic mass is 9.91. The molecule has 0 bridgehead atoms. The van der Waals surface area contributed by atoms with E-state index in [1.807, 2.05) is 6.92 Å². The van der Waals surface area contributed by atoms with Gasteiger partial charge in [-0.3, -0.25) is 9.59 Å². The fourth-order valence-corrected chi connectivity index (χ4v) is 2.72. The molecule has 1 N–H and O–H groups in total. The lowest BCUT2D eigenvalue weighted by Crippen LogP contribution is -2.46. The maximum Gasteiger partial charge on any atom is 0.306 e. The van der Waals surface area contributed by atoms with Gasteiger partial charge in [-0.2, -0.15) is 0 Å². The van der Waals surface area contributed by atoms with Crippen molar-refractivity contribution in [3.8, 4) is 0 Å². The predicted molar refractivity (Wildman–Crippen MR) is 72.0 cm³/mol. The van der Waals surface area contributed by atoms with Gasteiger partial charge in [-0.15, -0.1) is 0 Å². The summed E-state index contributed by atoms with van der Waals surface area (Å²) in [6.45, 7) is 3.96. The predicted octanol–water partition coefficient (Wildman–Crippen LogP) is 2.46. The number of hydrogen-bond acceptors (Lipinski definition) is 2. The molecule has 2 rings (SSSR count). The summed E-state index contributed by atoms with van der Waals surface area (Å²) in [5, 5.41) is 9.02. The highest BCUT2D eigenvalue weighted by Crippen LogP contribution is 2.25. The normalized spacial score (nSPS) is 22.6. The fraction of sp³-hybridized carbons (Fsp3) is 0.467. The van der Waals surface area contributed by atoms with Crippen molar-refractivity contribution < 1.29 is 19.1 Å². The Morgan fingerprint density at radius 2 is 2.05 bits per heavy atom. The first kappa shape index (κ1) is 14.5. The molecule has 0 aromatic heterocycles. The topological polar surface area (TPSA) is 57.6 Å². The third-order valence-electron chi connectivity index (χ3n) is 3.78. The highest BCUT2D eigenvalue weighted by molar-refractivity contribution is 5.94. The molecule has 0 spiro atoms. The summed E-state index contributed by atoms with van der Waals surface area (Å²) in [7, 11) is 0. The summed E-state index contributed by atoms with van der Waals surface area (Å²) in [4.78, 5) is 25.0. The molecule has 20 heavy (non-hydrogen) atoms. The zero-order valence-electron chi connectivity index (χ0n) is 11.6. The van der Waals surface area contributed by atoms with Crippen molar-refractivity contribution in [2.75, 3.05) is 6.54 Å².